The van der Waals surface area contributed by atoms with Gasteiger partial charge >= 0.3 is 0 Å². The predicted octanol–water partition coefficient (Wildman–Crippen LogP) is 4.11. The normalized spacial score (nSPS) is 10.5. The van der Waals surface area contributed by atoms with Crippen molar-refractivity contribution in [3.05, 3.63) is 28.2 Å². The lowest BCUT2D eigenvalue weighted by atomic mass is 10.1. The van der Waals surface area contributed by atoms with Gasteiger partial charge in [-0.3, -0.25) is 4.79 Å². The lowest BCUT2D eigenvalue weighted by Crippen LogP contribution is -2.02. The highest BCUT2D eigenvalue weighted by Gasteiger charge is 2.11. The SMILES string of the molecule is CCCNc1nnc(SCC(=O)c2ccc(OC)c(Br)c2)s1. The number of rotatable bonds is 8. The molecule has 118 valence electrons. The minimum atomic E-state index is 0.0478. The van der Waals surface area contributed by atoms with E-state index in [-0.39, 0.29) is 5.78 Å². The van der Waals surface area contributed by atoms with Crippen molar-refractivity contribution in [2.24, 2.45) is 0 Å². The number of hydrogen-bond donors (Lipinski definition) is 1. The highest BCUT2D eigenvalue weighted by Crippen LogP contribution is 2.28. The topological polar surface area (TPSA) is 64.1 Å². The van der Waals surface area contributed by atoms with E-state index in [4.69, 9.17) is 4.74 Å². The van der Waals surface area contributed by atoms with E-state index in [2.05, 4.69) is 38.4 Å². The average Bonchev–Trinajstić information content (AvgIpc) is 2.98. The zero-order chi connectivity index (χ0) is 15.9. The molecule has 2 aromatic rings. The van der Waals surface area contributed by atoms with E-state index in [1.807, 2.05) is 0 Å². The van der Waals surface area contributed by atoms with Crippen LogP contribution in [0.1, 0.15) is 23.7 Å². The van der Waals surface area contributed by atoms with Gasteiger partial charge in [-0.2, -0.15) is 0 Å². The molecule has 0 spiro atoms. The Kier molecular flexibility index (Phi) is 6.66. The largest absolute Gasteiger partial charge is 0.496 e. The van der Waals surface area contributed by atoms with Crippen LogP contribution >= 0.6 is 39.0 Å². The molecule has 0 atom stereocenters. The van der Waals surface area contributed by atoms with Crippen LogP contribution in [-0.4, -0.2) is 35.4 Å². The van der Waals surface area contributed by atoms with Crippen LogP contribution in [-0.2, 0) is 0 Å². The molecule has 0 aliphatic carbocycles. The number of Topliss-reactive ketones (excluding diaryl/α,β-unsaturated/α-hetero) is 1. The van der Waals surface area contributed by atoms with Crippen molar-refractivity contribution in [3.8, 4) is 5.75 Å². The number of aromatic nitrogens is 2. The summed E-state index contributed by atoms with van der Waals surface area (Å²) in [6, 6.07) is 5.32. The summed E-state index contributed by atoms with van der Waals surface area (Å²) in [6.07, 6.45) is 1.03. The maximum absolute atomic E-state index is 12.2. The minimum absolute atomic E-state index is 0.0478. The van der Waals surface area contributed by atoms with E-state index in [1.165, 1.54) is 23.1 Å². The number of thioether (sulfide) groups is 1. The van der Waals surface area contributed by atoms with E-state index < -0.39 is 0 Å². The number of hydrogen-bond acceptors (Lipinski definition) is 7. The summed E-state index contributed by atoms with van der Waals surface area (Å²) in [7, 11) is 1.59. The van der Waals surface area contributed by atoms with Crippen molar-refractivity contribution >= 4 is 49.9 Å². The first-order chi connectivity index (χ1) is 10.6. The van der Waals surface area contributed by atoms with Gasteiger partial charge in [-0.05, 0) is 40.5 Å². The molecule has 0 radical (unpaired) electrons. The number of benzene rings is 1. The van der Waals surface area contributed by atoms with Crippen LogP contribution in [0.15, 0.2) is 27.0 Å². The third-order valence-corrected chi connectivity index (χ3v) is 5.37. The number of carbonyl (C=O) groups is 1. The Morgan fingerprint density at radius 1 is 1.45 bits per heavy atom. The van der Waals surface area contributed by atoms with Crippen LogP contribution in [0.5, 0.6) is 5.75 Å². The summed E-state index contributed by atoms with van der Waals surface area (Å²) in [6.45, 7) is 2.97. The molecule has 0 aliphatic heterocycles. The van der Waals surface area contributed by atoms with Crippen molar-refractivity contribution in [3.63, 3.8) is 0 Å². The molecule has 0 amide bonds. The number of carbonyl (C=O) groups excluding carboxylic acids is 1. The van der Waals surface area contributed by atoms with Crippen LogP contribution in [0.25, 0.3) is 0 Å². The second-order valence-electron chi connectivity index (χ2n) is 4.36. The van der Waals surface area contributed by atoms with Crippen LogP contribution < -0.4 is 10.1 Å². The molecule has 5 nitrogen and oxygen atoms in total. The number of nitrogens with zero attached hydrogens (tertiary/aromatic N) is 2. The van der Waals surface area contributed by atoms with Gasteiger partial charge in [0.2, 0.25) is 5.13 Å². The zero-order valence-electron chi connectivity index (χ0n) is 12.3. The predicted molar refractivity (Wildman–Crippen MR) is 94.4 cm³/mol. The van der Waals surface area contributed by atoms with E-state index in [9.17, 15) is 4.79 Å². The molecule has 0 unspecified atom stereocenters. The second kappa shape index (κ2) is 8.50. The number of anilines is 1. The van der Waals surface area contributed by atoms with Crippen LogP contribution in [0.4, 0.5) is 5.13 Å². The fourth-order valence-electron chi connectivity index (χ4n) is 1.62. The lowest BCUT2D eigenvalue weighted by Gasteiger charge is -2.05. The van der Waals surface area contributed by atoms with E-state index >= 15 is 0 Å². The van der Waals surface area contributed by atoms with Gasteiger partial charge in [-0.15, -0.1) is 10.2 Å². The van der Waals surface area contributed by atoms with Crippen LogP contribution in [0.3, 0.4) is 0 Å². The molecule has 1 heterocycles. The Balaban J connectivity index is 1.92. The minimum Gasteiger partial charge on any atom is -0.496 e. The number of halogens is 1. The molecular weight excluding hydrogens is 386 g/mol. The third kappa shape index (κ3) is 4.69. The molecule has 0 fully saturated rings. The van der Waals surface area contributed by atoms with Crippen LogP contribution in [0, 0.1) is 0 Å². The second-order valence-corrected chi connectivity index (χ2v) is 7.42. The Hall–Kier alpha value is -1.12. The van der Waals surface area contributed by atoms with Crippen molar-refractivity contribution in [1.29, 1.82) is 0 Å². The summed E-state index contributed by atoms with van der Waals surface area (Å²) < 4.78 is 6.72. The van der Waals surface area contributed by atoms with Gasteiger partial charge in [0.1, 0.15) is 5.75 Å². The van der Waals surface area contributed by atoms with Gasteiger partial charge in [0.25, 0.3) is 0 Å². The van der Waals surface area contributed by atoms with Crippen LogP contribution in [0.2, 0.25) is 0 Å². The first-order valence-electron chi connectivity index (χ1n) is 6.71. The summed E-state index contributed by atoms with van der Waals surface area (Å²) in [4.78, 5) is 12.2. The summed E-state index contributed by atoms with van der Waals surface area (Å²) in [5.74, 6) is 1.09. The number of ketones is 1. The third-order valence-electron chi connectivity index (χ3n) is 2.73. The Bertz CT molecular complexity index is 649. The number of nitrogens with one attached hydrogen (secondary N) is 1. The maximum atomic E-state index is 12.2. The first-order valence-corrected chi connectivity index (χ1v) is 9.30. The van der Waals surface area contributed by atoms with Gasteiger partial charge in [-0.25, -0.2) is 0 Å². The monoisotopic (exact) mass is 401 g/mol. The Morgan fingerprint density at radius 2 is 2.27 bits per heavy atom. The smallest absolute Gasteiger partial charge is 0.206 e. The molecule has 0 aliphatic rings. The van der Waals surface area contributed by atoms with Gasteiger partial charge in [0.05, 0.1) is 17.3 Å². The molecule has 2 rings (SSSR count). The van der Waals surface area contributed by atoms with Crippen molar-refractivity contribution in [2.75, 3.05) is 24.7 Å². The maximum Gasteiger partial charge on any atom is 0.206 e. The Morgan fingerprint density at radius 3 is 2.95 bits per heavy atom. The first kappa shape index (κ1) is 17.2. The fraction of sp³-hybridized carbons (Fsp3) is 0.357. The van der Waals surface area contributed by atoms with Crippen molar-refractivity contribution in [2.45, 2.75) is 17.7 Å². The molecule has 1 aromatic carbocycles. The fourth-order valence-corrected chi connectivity index (χ4v) is 3.83. The summed E-state index contributed by atoms with van der Waals surface area (Å²) in [5, 5.41) is 12.1. The van der Waals surface area contributed by atoms with E-state index in [1.54, 1.807) is 25.3 Å². The van der Waals surface area contributed by atoms with Gasteiger partial charge in [0.15, 0.2) is 10.1 Å². The quantitative estimate of drug-likeness (QED) is 0.530. The number of ether oxygens (including phenoxy) is 1. The van der Waals surface area contributed by atoms with Gasteiger partial charge in [0, 0.05) is 12.1 Å². The lowest BCUT2D eigenvalue weighted by molar-refractivity contribution is 0.102. The number of methoxy groups -OCH3 is 1. The molecular formula is C14H16BrN3O2S2. The average molecular weight is 402 g/mol. The molecule has 22 heavy (non-hydrogen) atoms. The highest BCUT2D eigenvalue weighted by molar-refractivity contribution is 9.10. The molecule has 0 bridgehead atoms. The standard InChI is InChI=1S/C14H16BrN3O2S2/c1-3-6-16-13-17-18-14(22-13)21-8-11(19)9-4-5-12(20-2)10(15)7-9/h4-5,7H,3,6,8H2,1-2H3,(H,16,17). The summed E-state index contributed by atoms with van der Waals surface area (Å²) >= 11 is 6.26. The molecule has 0 saturated carbocycles. The van der Waals surface area contributed by atoms with E-state index in [0.717, 1.165) is 26.9 Å². The molecule has 1 aromatic heterocycles. The van der Waals surface area contributed by atoms with Crippen molar-refractivity contribution in [1.82, 2.24) is 10.2 Å². The van der Waals surface area contributed by atoms with E-state index in [0.29, 0.717) is 17.1 Å². The van der Waals surface area contributed by atoms with Crippen molar-refractivity contribution < 1.29 is 9.53 Å². The zero-order valence-corrected chi connectivity index (χ0v) is 15.5. The van der Waals surface area contributed by atoms with Gasteiger partial charge in [-0.1, -0.05) is 30.0 Å². The molecule has 0 saturated heterocycles. The molecule has 8 heteroatoms. The highest BCUT2D eigenvalue weighted by atomic mass is 79.9. The van der Waals surface area contributed by atoms with Gasteiger partial charge < -0.3 is 10.1 Å². The molecule has 1 N–H and O–H groups in total. The summed E-state index contributed by atoms with van der Waals surface area (Å²) in [5.41, 5.74) is 0.647. The Labute approximate surface area is 146 Å².